The normalized spacial score (nSPS) is 10.1. The number of carboxylic acid groups (broad SMARTS) is 1. The van der Waals surface area contributed by atoms with Crippen molar-refractivity contribution in [1.82, 2.24) is 0 Å². The third-order valence-corrected chi connectivity index (χ3v) is 3.55. The molecular weight excluding hydrogens is 293 g/mol. The van der Waals surface area contributed by atoms with Crippen LogP contribution in [0.3, 0.4) is 0 Å². The monoisotopic (exact) mass is 305 g/mol. The van der Waals surface area contributed by atoms with Gasteiger partial charge in [0.05, 0.1) is 11.3 Å². The molecule has 0 heterocycles. The molecule has 2 N–H and O–H groups in total. The van der Waals surface area contributed by atoms with Crippen LogP contribution in [0.2, 0.25) is 0 Å². The van der Waals surface area contributed by atoms with Gasteiger partial charge in [0.25, 0.3) is 0 Å². The molecular formula is C15H12FNO3S. The van der Waals surface area contributed by atoms with Gasteiger partial charge in [-0.2, -0.15) is 0 Å². The van der Waals surface area contributed by atoms with Crippen LogP contribution in [0.5, 0.6) is 0 Å². The van der Waals surface area contributed by atoms with E-state index < -0.39 is 11.8 Å². The first-order chi connectivity index (χ1) is 10.0. The van der Waals surface area contributed by atoms with E-state index in [4.69, 9.17) is 5.11 Å². The highest BCUT2D eigenvalue weighted by molar-refractivity contribution is 8.00. The van der Waals surface area contributed by atoms with Crippen LogP contribution < -0.4 is 5.32 Å². The number of rotatable bonds is 5. The molecule has 0 aromatic heterocycles. The van der Waals surface area contributed by atoms with Crippen LogP contribution in [0.4, 0.5) is 10.1 Å². The molecule has 6 heteroatoms. The summed E-state index contributed by atoms with van der Waals surface area (Å²) in [6.45, 7) is 0. The number of thioether (sulfide) groups is 1. The Labute approximate surface area is 125 Å². The number of amides is 1. The molecule has 0 aliphatic heterocycles. The summed E-state index contributed by atoms with van der Waals surface area (Å²) in [7, 11) is 0. The van der Waals surface area contributed by atoms with E-state index in [9.17, 15) is 14.0 Å². The number of hydrogen-bond acceptors (Lipinski definition) is 3. The SMILES string of the molecule is O=C(CSc1cccc(C(=O)O)c1)Nc1cccc(F)c1. The van der Waals surface area contributed by atoms with Crippen LogP contribution in [0, 0.1) is 5.82 Å². The van der Waals surface area contributed by atoms with E-state index in [2.05, 4.69) is 5.32 Å². The van der Waals surface area contributed by atoms with E-state index in [1.54, 1.807) is 18.2 Å². The van der Waals surface area contributed by atoms with E-state index in [1.807, 2.05) is 0 Å². The number of benzene rings is 2. The molecule has 108 valence electrons. The maximum absolute atomic E-state index is 13.0. The van der Waals surface area contributed by atoms with Gasteiger partial charge >= 0.3 is 5.97 Å². The van der Waals surface area contributed by atoms with E-state index >= 15 is 0 Å². The second kappa shape index (κ2) is 6.90. The molecule has 0 fully saturated rings. The van der Waals surface area contributed by atoms with Crippen molar-refractivity contribution in [2.24, 2.45) is 0 Å². The lowest BCUT2D eigenvalue weighted by atomic mass is 10.2. The zero-order chi connectivity index (χ0) is 15.2. The van der Waals surface area contributed by atoms with Gasteiger partial charge in [-0.25, -0.2) is 9.18 Å². The second-order valence-corrected chi connectivity index (χ2v) is 5.23. The number of carbonyl (C=O) groups excluding carboxylic acids is 1. The Balaban J connectivity index is 1.92. The minimum Gasteiger partial charge on any atom is -0.478 e. The quantitative estimate of drug-likeness (QED) is 0.832. The molecule has 0 saturated carbocycles. The molecule has 21 heavy (non-hydrogen) atoms. The van der Waals surface area contributed by atoms with Crippen molar-refractivity contribution in [3.8, 4) is 0 Å². The summed E-state index contributed by atoms with van der Waals surface area (Å²) in [5.41, 5.74) is 0.561. The third-order valence-electron chi connectivity index (χ3n) is 2.56. The van der Waals surface area contributed by atoms with Gasteiger partial charge in [-0.15, -0.1) is 11.8 Å². The number of carbonyl (C=O) groups is 2. The van der Waals surface area contributed by atoms with E-state index in [-0.39, 0.29) is 17.2 Å². The fourth-order valence-corrected chi connectivity index (χ4v) is 2.39. The molecule has 2 aromatic carbocycles. The second-order valence-electron chi connectivity index (χ2n) is 4.18. The Kier molecular flexibility index (Phi) is 4.94. The van der Waals surface area contributed by atoms with Gasteiger partial charge < -0.3 is 10.4 Å². The number of nitrogens with one attached hydrogen (secondary N) is 1. The predicted octanol–water partition coefficient (Wildman–Crippen LogP) is 3.25. The maximum Gasteiger partial charge on any atom is 0.335 e. The van der Waals surface area contributed by atoms with Gasteiger partial charge in [-0.1, -0.05) is 12.1 Å². The lowest BCUT2D eigenvalue weighted by Crippen LogP contribution is -2.14. The molecule has 0 aliphatic carbocycles. The Bertz CT molecular complexity index is 675. The van der Waals surface area contributed by atoms with Crippen molar-refractivity contribution >= 4 is 29.3 Å². The van der Waals surface area contributed by atoms with Gasteiger partial charge in [0.2, 0.25) is 5.91 Å². The van der Waals surface area contributed by atoms with Crippen LogP contribution >= 0.6 is 11.8 Å². The number of hydrogen-bond donors (Lipinski definition) is 2. The van der Waals surface area contributed by atoms with Crippen LogP contribution in [-0.2, 0) is 4.79 Å². The van der Waals surface area contributed by atoms with Crippen molar-refractivity contribution in [3.05, 3.63) is 59.9 Å². The number of carboxylic acids is 1. The van der Waals surface area contributed by atoms with Gasteiger partial charge in [0, 0.05) is 10.6 Å². The standard InChI is InChI=1S/C15H12FNO3S/c16-11-4-2-5-12(8-11)17-14(18)9-21-13-6-1-3-10(7-13)15(19)20/h1-8H,9H2,(H,17,18)(H,19,20). The number of halogens is 1. The molecule has 0 atom stereocenters. The van der Waals surface area contributed by atoms with Gasteiger partial charge in [0.15, 0.2) is 0 Å². The molecule has 1 amide bonds. The zero-order valence-electron chi connectivity index (χ0n) is 10.9. The van der Waals surface area contributed by atoms with E-state index in [1.165, 1.54) is 42.1 Å². The van der Waals surface area contributed by atoms with Crippen molar-refractivity contribution in [1.29, 1.82) is 0 Å². The van der Waals surface area contributed by atoms with E-state index in [0.29, 0.717) is 10.6 Å². The minimum absolute atomic E-state index is 0.111. The molecule has 0 saturated heterocycles. The van der Waals surface area contributed by atoms with Crippen LogP contribution in [0.15, 0.2) is 53.4 Å². The first kappa shape index (κ1) is 15.1. The largest absolute Gasteiger partial charge is 0.478 e. The molecule has 0 unspecified atom stereocenters. The highest BCUT2D eigenvalue weighted by atomic mass is 32.2. The van der Waals surface area contributed by atoms with Gasteiger partial charge in [-0.3, -0.25) is 4.79 Å². The third kappa shape index (κ3) is 4.61. The number of aromatic carboxylic acids is 1. The molecule has 0 aliphatic rings. The Hall–Kier alpha value is -2.34. The lowest BCUT2D eigenvalue weighted by Gasteiger charge is -2.05. The molecule has 2 rings (SSSR count). The lowest BCUT2D eigenvalue weighted by molar-refractivity contribution is -0.113. The van der Waals surface area contributed by atoms with Crippen molar-refractivity contribution in [3.63, 3.8) is 0 Å². The fourth-order valence-electron chi connectivity index (χ4n) is 1.63. The molecule has 0 spiro atoms. The summed E-state index contributed by atoms with van der Waals surface area (Å²) >= 11 is 1.21. The smallest absolute Gasteiger partial charge is 0.335 e. The molecule has 0 bridgehead atoms. The molecule has 4 nitrogen and oxygen atoms in total. The Morgan fingerprint density at radius 2 is 1.90 bits per heavy atom. The zero-order valence-corrected chi connectivity index (χ0v) is 11.7. The number of anilines is 1. The van der Waals surface area contributed by atoms with Crippen molar-refractivity contribution in [2.45, 2.75) is 4.90 Å². The van der Waals surface area contributed by atoms with Crippen molar-refractivity contribution in [2.75, 3.05) is 11.1 Å². The highest BCUT2D eigenvalue weighted by Crippen LogP contribution is 2.19. The summed E-state index contributed by atoms with van der Waals surface area (Å²) in [4.78, 5) is 23.3. The summed E-state index contributed by atoms with van der Waals surface area (Å²) in [5.74, 6) is -1.61. The van der Waals surface area contributed by atoms with Crippen molar-refractivity contribution < 1.29 is 19.1 Å². The highest BCUT2D eigenvalue weighted by Gasteiger charge is 2.07. The first-order valence-corrected chi connectivity index (χ1v) is 7.05. The Morgan fingerprint density at radius 1 is 1.14 bits per heavy atom. The maximum atomic E-state index is 13.0. The average Bonchev–Trinajstić information content (AvgIpc) is 2.45. The predicted molar refractivity (Wildman–Crippen MR) is 79.2 cm³/mol. The van der Waals surface area contributed by atoms with Gasteiger partial charge in [-0.05, 0) is 36.4 Å². The minimum atomic E-state index is -1.01. The first-order valence-electron chi connectivity index (χ1n) is 6.06. The summed E-state index contributed by atoms with van der Waals surface area (Å²) in [6, 6.07) is 12.0. The van der Waals surface area contributed by atoms with E-state index in [0.717, 1.165) is 0 Å². The topological polar surface area (TPSA) is 66.4 Å². The van der Waals surface area contributed by atoms with Crippen LogP contribution in [0.25, 0.3) is 0 Å². The average molecular weight is 305 g/mol. The van der Waals surface area contributed by atoms with Crippen LogP contribution in [-0.4, -0.2) is 22.7 Å². The summed E-state index contributed by atoms with van der Waals surface area (Å²) in [6.07, 6.45) is 0. The van der Waals surface area contributed by atoms with Crippen LogP contribution in [0.1, 0.15) is 10.4 Å². The van der Waals surface area contributed by atoms with Gasteiger partial charge in [0.1, 0.15) is 5.82 Å². The Morgan fingerprint density at radius 3 is 2.62 bits per heavy atom. The molecule has 0 radical (unpaired) electrons. The summed E-state index contributed by atoms with van der Waals surface area (Å²) < 4.78 is 13.0. The molecule has 2 aromatic rings. The fraction of sp³-hybridized carbons (Fsp3) is 0.0667. The summed E-state index contributed by atoms with van der Waals surface area (Å²) in [5, 5.41) is 11.5.